The van der Waals surface area contributed by atoms with Crippen molar-refractivity contribution < 1.29 is 4.92 Å². The van der Waals surface area contributed by atoms with E-state index in [2.05, 4.69) is 6.58 Å². The van der Waals surface area contributed by atoms with E-state index in [1.165, 1.54) is 6.07 Å². The first-order valence-corrected chi connectivity index (χ1v) is 4.35. The van der Waals surface area contributed by atoms with Gasteiger partial charge in [0.15, 0.2) is 0 Å². The van der Waals surface area contributed by atoms with Crippen LogP contribution in [0.15, 0.2) is 30.9 Å². The molecule has 0 aliphatic carbocycles. The van der Waals surface area contributed by atoms with Gasteiger partial charge in [0.1, 0.15) is 5.02 Å². The summed E-state index contributed by atoms with van der Waals surface area (Å²) in [7, 11) is 0. The summed E-state index contributed by atoms with van der Waals surface area (Å²) in [6.45, 7) is 5.39. The maximum atomic E-state index is 10.6. The predicted octanol–water partition coefficient (Wildman–Crippen LogP) is 3.38. The van der Waals surface area contributed by atoms with Crippen LogP contribution >= 0.6 is 11.6 Å². The molecule has 4 heteroatoms. The van der Waals surface area contributed by atoms with E-state index in [1.807, 2.05) is 0 Å². The van der Waals surface area contributed by atoms with Gasteiger partial charge in [0.05, 0.1) is 4.92 Å². The van der Waals surface area contributed by atoms with Gasteiger partial charge in [-0.15, -0.1) is 6.58 Å². The Kier molecular flexibility index (Phi) is 3.25. The van der Waals surface area contributed by atoms with Crippen LogP contribution in [0.2, 0.25) is 5.02 Å². The molecular weight excluding hydrogens is 202 g/mol. The third-order valence-corrected chi connectivity index (χ3v) is 2.30. The van der Waals surface area contributed by atoms with Crippen LogP contribution in [0.25, 0.3) is 0 Å². The number of nitrogens with zero attached hydrogens (tertiary/aromatic N) is 1. The van der Waals surface area contributed by atoms with Gasteiger partial charge in [0.2, 0.25) is 0 Å². The van der Waals surface area contributed by atoms with E-state index < -0.39 is 4.92 Å². The van der Waals surface area contributed by atoms with Crippen molar-refractivity contribution in [3.05, 3.63) is 57.5 Å². The highest BCUT2D eigenvalue weighted by Crippen LogP contribution is 2.32. The van der Waals surface area contributed by atoms with Crippen LogP contribution in [0.1, 0.15) is 12.5 Å². The Morgan fingerprint density at radius 3 is 2.79 bits per heavy atom. The third kappa shape index (κ3) is 1.93. The van der Waals surface area contributed by atoms with Gasteiger partial charge in [-0.3, -0.25) is 10.1 Å². The molecule has 0 aliphatic rings. The Labute approximate surface area is 87.2 Å². The van der Waals surface area contributed by atoms with E-state index >= 15 is 0 Å². The van der Waals surface area contributed by atoms with Gasteiger partial charge in [0, 0.05) is 12.0 Å². The fourth-order valence-electron chi connectivity index (χ4n) is 1.08. The van der Waals surface area contributed by atoms with E-state index in [4.69, 9.17) is 11.6 Å². The zero-order valence-corrected chi connectivity index (χ0v) is 8.41. The lowest BCUT2D eigenvalue weighted by atomic mass is 10.0. The molecule has 0 fully saturated rings. The highest BCUT2D eigenvalue weighted by atomic mass is 35.5. The van der Waals surface area contributed by atoms with E-state index in [0.717, 1.165) is 5.92 Å². The van der Waals surface area contributed by atoms with Gasteiger partial charge in [-0.1, -0.05) is 36.7 Å². The van der Waals surface area contributed by atoms with Crippen molar-refractivity contribution in [3.63, 3.8) is 0 Å². The van der Waals surface area contributed by atoms with Crippen molar-refractivity contribution >= 4 is 17.3 Å². The van der Waals surface area contributed by atoms with Crippen molar-refractivity contribution in [3.8, 4) is 0 Å². The second kappa shape index (κ2) is 4.24. The number of allylic oxidation sites excluding steroid dienone is 1. The molecule has 0 spiro atoms. The van der Waals surface area contributed by atoms with Crippen molar-refractivity contribution in [2.24, 2.45) is 0 Å². The molecule has 1 aromatic rings. The summed E-state index contributed by atoms with van der Waals surface area (Å²) in [4.78, 5) is 10.1. The smallest absolute Gasteiger partial charge is 0.258 e. The Morgan fingerprint density at radius 2 is 2.29 bits per heavy atom. The van der Waals surface area contributed by atoms with Gasteiger partial charge in [-0.2, -0.15) is 0 Å². The zero-order chi connectivity index (χ0) is 10.7. The van der Waals surface area contributed by atoms with Gasteiger partial charge < -0.3 is 0 Å². The lowest BCUT2D eigenvalue weighted by Crippen LogP contribution is -1.95. The lowest BCUT2D eigenvalue weighted by molar-refractivity contribution is -0.384. The molecule has 0 bridgehead atoms. The van der Waals surface area contributed by atoms with Gasteiger partial charge >= 0.3 is 0 Å². The average molecular weight is 211 g/mol. The average Bonchev–Trinajstić information content (AvgIpc) is 2.16. The summed E-state index contributed by atoms with van der Waals surface area (Å²) in [6, 6.07) is 4.71. The fraction of sp³-hybridized carbons (Fsp3) is 0.100. The molecule has 0 saturated carbocycles. The monoisotopic (exact) mass is 210 g/mol. The van der Waals surface area contributed by atoms with Crippen LogP contribution in [0.4, 0.5) is 5.69 Å². The topological polar surface area (TPSA) is 43.1 Å². The molecule has 0 aliphatic heterocycles. The van der Waals surface area contributed by atoms with Gasteiger partial charge in [-0.25, -0.2) is 0 Å². The molecule has 0 unspecified atom stereocenters. The fourth-order valence-corrected chi connectivity index (χ4v) is 1.42. The van der Waals surface area contributed by atoms with E-state index in [-0.39, 0.29) is 10.7 Å². The van der Waals surface area contributed by atoms with E-state index in [9.17, 15) is 10.1 Å². The number of nitro groups is 1. The van der Waals surface area contributed by atoms with Crippen LogP contribution in [-0.2, 0) is 0 Å². The minimum atomic E-state index is -0.498. The van der Waals surface area contributed by atoms with E-state index in [0.29, 0.717) is 5.56 Å². The minimum Gasteiger partial charge on any atom is -0.258 e. The number of benzene rings is 1. The van der Waals surface area contributed by atoms with Gasteiger partial charge in [0.25, 0.3) is 5.69 Å². The number of hydrogen-bond donors (Lipinski definition) is 0. The minimum absolute atomic E-state index is 0.0784. The predicted molar refractivity (Wildman–Crippen MR) is 56.3 cm³/mol. The van der Waals surface area contributed by atoms with Crippen LogP contribution in [-0.4, -0.2) is 4.92 Å². The Bertz CT molecular complexity index is 376. The van der Waals surface area contributed by atoms with Crippen LogP contribution < -0.4 is 0 Å². The maximum absolute atomic E-state index is 10.6. The summed E-state index contributed by atoms with van der Waals surface area (Å²) in [5.41, 5.74) is 0.571. The highest BCUT2D eigenvalue weighted by Gasteiger charge is 2.17. The molecule has 1 rings (SSSR count). The first-order valence-electron chi connectivity index (χ1n) is 3.97. The van der Waals surface area contributed by atoms with Crippen LogP contribution in [0, 0.1) is 16.0 Å². The zero-order valence-electron chi connectivity index (χ0n) is 7.66. The van der Waals surface area contributed by atoms with Crippen molar-refractivity contribution in [1.29, 1.82) is 0 Å². The van der Waals surface area contributed by atoms with Crippen molar-refractivity contribution in [2.75, 3.05) is 0 Å². The molecule has 14 heavy (non-hydrogen) atoms. The second-order valence-corrected chi connectivity index (χ2v) is 3.16. The molecule has 73 valence electrons. The SMILES string of the molecule is C=C[C](C)c1cccc([N+](=O)[O-])c1Cl. The second-order valence-electron chi connectivity index (χ2n) is 2.78. The maximum Gasteiger partial charge on any atom is 0.288 e. The largest absolute Gasteiger partial charge is 0.288 e. The Balaban J connectivity index is 3.26. The normalized spacial score (nSPS) is 10.2. The lowest BCUT2D eigenvalue weighted by Gasteiger charge is -2.07. The number of rotatable bonds is 3. The first kappa shape index (κ1) is 10.7. The van der Waals surface area contributed by atoms with Crippen LogP contribution in [0.3, 0.4) is 0 Å². The summed E-state index contributed by atoms with van der Waals surface area (Å²) >= 11 is 5.87. The molecule has 0 N–H and O–H groups in total. The van der Waals surface area contributed by atoms with Crippen molar-refractivity contribution in [1.82, 2.24) is 0 Å². The number of nitro benzene ring substituents is 1. The molecule has 1 aromatic carbocycles. The molecule has 0 amide bonds. The quantitative estimate of drug-likeness (QED) is 0.567. The molecule has 0 aromatic heterocycles. The van der Waals surface area contributed by atoms with E-state index in [1.54, 1.807) is 25.1 Å². The third-order valence-electron chi connectivity index (χ3n) is 1.91. The number of hydrogen-bond acceptors (Lipinski definition) is 2. The molecule has 0 saturated heterocycles. The molecule has 1 radical (unpaired) electrons. The van der Waals surface area contributed by atoms with Crippen LogP contribution in [0.5, 0.6) is 0 Å². The van der Waals surface area contributed by atoms with Crippen molar-refractivity contribution in [2.45, 2.75) is 6.92 Å². The number of halogens is 1. The standard InChI is InChI=1S/C10H9ClNO2/c1-3-7(2)8-5-4-6-9(10(8)11)12(13)14/h3-6H,1H2,2H3. The molecule has 0 heterocycles. The Hall–Kier alpha value is -1.35. The molecule has 0 atom stereocenters. The Morgan fingerprint density at radius 1 is 1.64 bits per heavy atom. The summed E-state index contributed by atoms with van der Waals surface area (Å²) in [5, 5.41) is 10.7. The molecular formula is C10H9ClNO2. The molecule has 3 nitrogen and oxygen atoms in total. The first-order chi connectivity index (χ1) is 6.57. The summed E-state index contributed by atoms with van der Waals surface area (Å²) < 4.78 is 0. The summed E-state index contributed by atoms with van der Waals surface area (Å²) in [6.07, 6.45) is 1.62. The highest BCUT2D eigenvalue weighted by molar-refractivity contribution is 6.33. The summed E-state index contributed by atoms with van der Waals surface area (Å²) in [5.74, 6) is 0.818. The van der Waals surface area contributed by atoms with Gasteiger partial charge in [-0.05, 0) is 5.56 Å².